The van der Waals surface area contributed by atoms with Crippen LogP contribution in [-0.2, 0) is 19.8 Å². The number of imidazole rings is 1. The van der Waals surface area contributed by atoms with Crippen LogP contribution < -0.4 is 10.6 Å². The van der Waals surface area contributed by atoms with Crippen LogP contribution in [0.25, 0.3) is 11.0 Å². The second-order valence-electron chi connectivity index (χ2n) is 6.90. The maximum Gasteiger partial charge on any atom is 0.416 e. The van der Waals surface area contributed by atoms with Crippen molar-refractivity contribution in [3.05, 3.63) is 83.6 Å². The first kappa shape index (κ1) is 20.4. The van der Waals surface area contributed by atoms with Gasteiger partial charge < -0.3 is 15.2 Å². The molecule has 1 amide bonds. The molecule has 0 atom stereocenters. The van der Waals surface area contributed by atoms with Crippen molar-refractivity contribution in [1.29, 1.82) is 0 Å². The number of amides is 1. The summed E-state index contributed by atoms with van der Waals surface area (Å²) >= 11 is 0. The Morgan fingerprint density at radius 2 is 1.77 bits per heavy atom. The summed E-state index contributed by atoms with van der Waals surface area (Å²) < 4.78 is 40.4. The average Bonchev–Trinajstić information content (AvgIpc) is 3.07. The van der Waals surface area contributed by atoms with Gasteiger partial charge in [-0.2, -0.15) is 13.2 Å². The van der Waals surface area contributed by atoms with E-state index in [0.717, 1.165) is 23.2 Å². The van der Waals surface area contributed by atoms with Crippen LogP contribution in [-0.4, -0.2) is 20.4 Å². The second kappa shape index (κ2) is 8.10. The normalized spacial score (nSPS) is 11.5. The highest BCUT2D eigenvalue weighted by Gasteiger charge is 2.30. The molecule has 0 bridgehead atoms. The van der Waals surface area contributed by atoms with Crippen molar-refractivity contribution in [2.75, 3.05) is 5.32 Å². The van der Waals surface area contributed by atoms with Crippen LogP contribution in [0.3, 0.4) is 0 Å². The van der Waals surface area contributed by atoms with Gasteiger partial charge in [-0.1, -0.05) is 30.3 Å². The zero-order valence-corrected chi connectivity index (χ0v) is 16.4. The van der Waals surface area contributed by atoms with Gasteiger partial charge in [0.25, 0.3) is 5.91 Å². The van der Waals surface area contributed by atoms with E-state index in [4.69, 9.17) is 0 Å². The fourth-order valence-corrected chi connectivity index (χ4v) is 3.13. The fourth-order valence-electron chi connectivity index (χ4n) is 3.13. The summed E-state index contributed by atoms with van der Waals surface area (Å²) in [6.45, 7) is -0.0488. The van der Waals surface area contributed by atoms with Gasteiger partial charge in [0.15, 0.2) is 0 Å². The first-order valence-corrected chi connectivity index (χ1v) is 9.41. The predicted octanol–water partition coefficient (Wildman–Crippen LogP) is 4.66. The van der Waals surface area contributed by atoms with Crippen LogP contribution in [0.4, 0.5) is 24.9 Å². The Labute approximate surface area is 175 Å². The van der Waals surface area contributed by atoms with Crippen LogP contribution in [0.2, 0.25) is 0 Å². The molecule has 2 aromatic heterocycles. The van der Waals surface area contributed by atoms with E-state index in [9.17, 15) is 18.0 Å². The zero-order chi connectivity index (χ0) is 22.0. The molecule has 2 N–H and O–H groups in total. The maximum absolute atomic E-state index is 12.8. The Bertz CT molecular complexity index is 1250. The topological polar surface area (TPSA) is 71.8 Å². The van der Waals surface area contributed by atoms with Crippen molar-refractivity contribution in [2.45, 2.75) is 12.7 Å². The number of nitrogens with zero attached hydrogens (tertiary/aromatic N) is 3. The molecule has 2 aromatic carbocycles. The zero-order valence-electron chi connectivity index (χ0n) is 16.4. The summed E-state index contributed by atoms with van der Waals surface area (Å²) in [6, 6.07) is 17.4. The third kappa shape index (κ3) is 4.50. The van der Waals surface area contributed by atoms with Gasteiger partial charge in [-0.15, -0.1) is 0 Å². The van der Waals surface area contributed by atoms with Gasteiger partial charge in [0.2, 0.25) is 5.95 Å². The van der Waals surface area contributed by atoms with Gasteiger partial charge in [-0.3, -0.25) is 4.79 Å². The van der Waals surface area contributed by atoms with E-state index >= 15 is 0 Å². The summed E-state index contributed by atoms with van der Waals surface area (Å²) in [5.74, 6) is 0.492. The molecule has 4 aromatic rings. The Hall–Kier alpha value is -3.88. The number of para-hydroxylation sites is 2. The molecule has 0 radical (unpaired) electrons. The number of hydrogen-bond donors (Lipinski definition) is 2. The van der Waals surface area contributed by atoms with E-state index in [-0.39, 0.29) is 12.2 Å². The van der Waals surface area contributed by atoms with Crippen LogP contribution >= 0.6 is 0 Å². The van der Waals surface area contributed by atoms with Crippen molar-refractivity contribution >= 4 is 28.7 Å². The number of nitrogens with one attached hydrogen (secondary N) is 2. The molecule has 4 rings (SSSR count). The minimum absolute atomic E-state index is 0.0488. The number of aryl methyl sites for hydroxylation is 1. The third-order valence-corrected chi connectivity index (χ3v) is 4.72. The molecule has 0 spiro atoms. The Morgan fingerprint density at radius 3 is 2.55 bits per heavy atom. The molecule has 0 unspecified atom stereocenters. The van der Waals surface area contributed by atoms with E-state index < -0.39 is 17.6 Å². The van der Waals surface area contributed by atoms with Crippen molar-refractivity contribution in [1.82, 2.24) is 19.9 Å². The lowest BCUT2D eigenvalue weighted by molar-refractivity contribution is -0.137. The Balaban J connectivity index is 1.46. The smallest absolute Gasteiger partial charge is 0.347 e. The molecule has 31 heavy (non-hydrogen) atoms. The van der Waals surface area contributed by atoms with Crippen molar-refractivity contribution in [3.8, 4) is 0 Å². The Morgan fingerprint density at radius 1 is 1.00 bits per heavy atom. The molecule has 2 heterocycles. The molecule has 0 aliphatic rings. The van der Waals surface area contributed by atoms with Gasteiger partial charge in [0.05, 0.1) is 16.6 Å². The van der Waals surface area contributed by atoms with E-state index in [1.54, 1.807) is 12.1 Å². The van der Waals surface area contributed by atoms with Gasteiger partial charge >= 0.3 is 6.18 Å². The predicted molar refractivity (Wildman–Crippen MR) is 111 cm³/mol. The summed E-state index contributed by atoms with van der Waals surface area (Å²) in [6.07, 6.45) is -4.43. The molecule has 0 fully saturated rings. The van der Waals surface area contributed by atoms with Gasteiger partial charge in [-0.05, 0) is 42.0 Å². The van der Waals surface area contributed by atoms with E-state index in [1.807, 2.05) is 35.9 Å². The number of rotatable bonds is 5. The van der Waals surface area contributed by atoms with Crippen molar-refractivity contribution in [3.63, 3.8) is 0 Å². The number of fused-ring (bicyclic) bond motifs is 1. The maximum atomic E-state index is 12.8. The minimum atomic E-state index is -4.43. The quantitative estimate of drug-likeness (QED) is 0.488. The summed E-state index contributed by atoms with van der Waals surface area (Å²) in [5, 5.41) is 5.69. The lowest BCUT2D eigenvalue weighted by Gasteiger charge is -2.10. The molecular weight excluding hydrogens is 407 g/mol. The molecule has 0 saturated heterocycles. The molecule has 0 aliphatic carbocycles. The van der Waals surface area contributed by atoms with Crippen LogP contribution in [0, 0.1) is 0 Å². The number of aromatic nitrogens is 3. The number of carbonyl (C=O) groups is 1. The number of anilines is 2. The number of halogens is 3. The fraction of sp³-hybridized carbons (Fsp3) is 0.136. The molecule has 9 heteroatoms. The van der Waals surface area contributed by atoms with E-state index in [2.05, 4.69) is 20.6 Å². The molecular formula is C22H18F3N5O. The lowest BCUT2D eigenvalue weighted by Crippen LogP contribution is -2.24. The van der Waals surface area contributed by atoms with Crippen molar-refractivity contribution < 1.29 is 18.0 Å². The summed E-state index contributed by atoms with van der Waals surface area (Å²) in [7, 11) is 1.86. The summed E-state index contributed by atoms with van der Waals surface area (Å²) in [4.78, 5) is 21.3. The van der Waals surface area contributed by atoms with Gasteiger partial charge in [-0.25, -0.2) is 9.97 Å². The first-order chi connectivity index (χ1) is 14.8. The van der Waals surface area contributed by atoms with E-state index in [0.29, 0.717) is 17.3 Å². The standard InChI is InChI=1S/C22H18F3N5O/c1-30-18-10-3-2-8-16(18)28-21(30)29-19-11-5-9-17(27-19)20(31)26-13-14-6-4-7-15(12-14)22(23,24)25/h2-12H,13H2,1H3,(H,26,31)(H,27,28,29). The third-order valence-electron chi connectivity index (χ3n) is 4.72. The molecule has 0 aliphatic heterocycles. The highest BCUT2D eigenvalue weighted by Crippen LogP contribution is 2.29. The number of pyridine rings is 1. The number of hydrogen-bond acceptors (Lipinski definition) is 4. The summed E-state index contributed by atoms with van der Waals surface area (Å²) in [5.41, 5.74) is 1.49. The van der Waals surface area contributed by atoms with Gasteiger partial charge in [0.1, 0.15) is 11.5 Å². The van der Waals surface area contributed by atoms with E-state index in [1.165, 1.54) is 18.2 Å². The van der Waals surface area contributed by atoms with Crippen LogP contribution in [0.1, 0.15) is 21.6 Å². The second-order valence-corrected chi connectivity index (χ2v) is 6.90. The molecule has 158 valence electrons. The van der Waals surface area contributed by atoms with Crippen LogP contribution in [0.5, 0.6) is 0 Å². The lowest BCUT2D eigenvalue weighted by atomic mass is 10.1. The SMILES string of the molecule is Cn1c(Nc2cccc(C(=O)NCc3cccc(C(F)(F)F)c3)n2)nc2ccccc21. The minimum Gasteiger partial charge on any atom is -0.347 e. The first-order valence-electron chi connectivity index (χ1n) is 9.41. The number of benzene rings is 2. The number of alkyl halides is 3. The average molecular weight is 425 g/mol. The molecule has 0 saturated carbocycles. The molecule has 6 nitrogen and oxygen atoms in total. The number of carbonyl (C=O) groups excluding carboxylic acids is 1. The largest absolute Gasteiger partial charge is 0.416 e. The van der Waals surface area contributed by atoms with Crippen LogP contribution in [0.15, 0.2) is 66.7 Å². The highest BCUT2D eigenvalue weighted by molar-refractivity contribution is 5.92. The highest BCUT2D eigenvalue weighted by atomic mass is 19.4. The monoisotopic (exact) mass is 425 g/mol. The van der Waals surface area contributed by atoms with Crippen molar-refractivity contribution in [2.24, 2.45) is 7.05 Å². The Kier molecular flexibility index (Phi) is 5.33. The van der Waals surface area contributed by atoms with Gasteiger partial charge in [0, 0.05) is 13.6 Å².